The normalized spacial score (nSPS) is 10.5. The molecule has 0 N–H and O–H groups in total. The number of hydrogen-bond donors (Lipinski definition) is 0. The molecule has 0 spiro atoms. The topological polar surface area (TPSA) is 0 Å². The number of benzene rings is 2. The van der Waals surface area contributed by atoms with Gasteiger partial charge in [0.25, 0.3) is 0 Å². The van der Waals surface area contributed by atoms with E-state index in [2.05, 4.69) is 104 Å². The summed E-state index contributed by atoms with van der Waals surface area (Å²) in [5, 5.41) is 0.921. The van der Waals surface area contributed by atoms with Crippen molar-refractivity contribution in [1.82, 2.24) is 0 Å². The van der Waals surface area contributed by atoms with Crippen LogP contribution in [-0.4, -0.2) is 0 Å². The lowest BCUT2D eigenvalue weighted by Crippen LogP contribution is -1.81. The van der Waals surface area contributed by atoms with Crippen LogP contribution in [0, 0.1) is 12.8 Å². The van der Waals surface area contributed by atoms with Gasteiger partial charge in [0.2, 0.25) is 0 Å². The van der Waals surface area contributed by atoms with E-state index in [4.69, 9.17) is 0 Å². The highest BCUT2D eigenvalue weighted by atomic mass is 79.9. The predicted octanol–water partition coefficient (Wildman–Crippen LogP) is 7.28. The summed E-state index contributed by atoms with van der Waals surface area (Å²) in [5.41, 5.74) is 5.09. The van der Waals surface area contributed by atoms with Gasteiger partial charge in [-0.25, -0.2) is 0 Å². The Morgan fingerprint density at radius 3 is 2.00 bits per heavy atom. The summed E-state index contributed by atoms with van der Waals surface area (Å²) in [5.74, 6) is 0.752. The highest BCUT2D eigenvalue weighted by molar-refractivity contribution is 9.08. The van der Waals surface area contributed by atoms with Crippen molar-refractivity contribution in [3.63, 3.8) is 0 Å². The third-order valence-electron chi connectivity index (χ3n) is 3.36. The number of rotatable bonds is 5. The molecule has 2 rings (SSSR count). The van der Waals surface area contributed by atoms with Crippen LogP contribution in [0.15, 0.2) is 61.2 Å². The fourth-order valence-corrected chi connectivity index (χ4v) is 2.27. The zero-order chi connectivity index (χ0) is 17.1. The Labute approximate surface area is 150 Å². The van der Waals surface area contributed by atoms with Crippen LogP contribution in [0.25, 0.3) is 12.2 Å². The lowest BCUT2D eigenvalue weighted by molar-refractivity contribution is 0.665. The average molecular weight is 371 g/mol. The standard InChI is InChI=1S/C13H18.C9H9Br/c1-11(2)5-4-6-13-9-7-12(3)8-10-13;1-2-8-3-5-9(7-10)6-4-8/h4,6-11H,5H2,1-3H3;2-6H,1,7H2. The summed E-state index contributed by atoms with van der Waals surface area (Å²) >= 11 is 3.38. The van der Waals surface area contributed by atoms with Crippen molar-refractivity contribution < 1.29 is 0 Å². The zero-order valence-corrected chi connectivity index (χ0v) is 16.0. The van der Waals surface area contributed by atoms with E-state index in [-0.39, 0.29) is 0 Å². The number of alkyl halides is 1. The zero-order valence-electron chi connectivity index (χ0n) is 14.4. The van der Waals surface area contributed by atoms with Gasteiger partial charge >= 0.3 is 0 Å². The van der Waals surface area contributed by atoms with E-state index in [1.807, 2.05) is 6.08 Å². The lowest BCUT2D eigenvalue weighted by atomic mass is 10.1. The molecule has 0 aliphatic carbocycles. The molecule has 0 aliphatic heterocycles. The molecule has 0 unspecified atom stereocenters. The fourth-order valence-electron chi connectivity index (χ4n) is 1.90. The molecule has 0 saturated carbocycles. The van der Waals surface area contributed by atoms with Crippen molar-refractivity contribution in [2.24, 2.45) is 5.92 Å². The summed E-state index contributed by atoms with van der Waals surface area (Å²) in [4.78, 5) is 0. The fraction of sp³-hybridized carbons (Fsp3) is 0.273. The van der Waals surface area contributed by atoms with Crippen LogP contribution < -0.4 is 0 Å². The lowest BCUT2D eigenvalue weighted by Gasteiger charge is -1.97. The van der Waals surface area contributed by atoms with Gasteiger partial charge in [0, 0.05) is 5.33 Å². The van der Waals surface area contributed by atoms with Crippen LogP contribution in [-0.2, 0) is 5.33 Å². The third kappa shape index (κ3) is 8.56. The molecular weight excluding hydrogens is 344 g/mol. The van der Waals surface area contributed by atoms with E-state index in [1.54, 1.807) is 0 Å². The van der Waals surface area contributed by atoms with Crippen molar-refractivity contribution in [1.29, 1.82) is 0 Å². The second-order valence-corrected chi connectivity index (χ2v) is 6.58. The Hall–Kier alpha value is -1.60. The molecule has 0 amide bonds. The maximum absolute atomic E-state index is 3.67. The van der Waals surface area contributed by atoms with Gasteiger partial charge in [0.05, 0.1) is 0 Å². The molecule has 0 heterocycles. The van der Waals surface area contributed by atoms with Crippen LogP contribution in [0.3, 0.4) is 0 Å². The molecule has 2 aromatic rings. The largest absolute Gasteiger partial charge is 0.0985 e. The van der Waals surface area contributed by atoms with Crippen molar-refractivity contribution in [3.8, 4) is 0 Å². The summed E-state index contributed by atoms with van der Waals surface area (Å²) in [7, 11) is 0. The molecular formula is C22H27Br. The van der Waals surface area contributed by atoms with Gasteiger partial charge in [-0.3, -0.25) is 0 Å². The Balaban J connectivity index is 0.000000238. The van der Waals surface area contributed by atoms with E-state index in [0.717, 1.165) is 17.7 Å². The van der Waals surface area contributed by atoms with Gasteiger partial charge in [-0.05, 0) is 36.0 Å². The molecule has 0 saturated heterocycles. The van der Waals surface area contributed by atoms with Crippen LogP contribution >= 0.6 is 15.9 Å². The Kier molecular flexibility index (Phi) is 9.31. The second-order valence-electron chi connectivity index (χ2n) is 6.02. The third-order valence-corrected chi connectivity index (χ3v) is 4.01. The van der Waals surface area contributed by atoms with Crippen LogP contribution in [0.1, 0.15) is 42.5 Å². The number of aryl methyl sites for hydroxylation is 1. The Morgan fingerprint density at radius 1 is 0.957 bits per heavy atom. The van der Waals surface area contributed by atoms with E-state index >= 15 is 0 Å². The SMILES string of the molecule is C=Cc1ccc(CBr)cc1.Cc1ccc(C=CCC(C)C)cc1. The molecule has 0 radical (unpaired) electrons. The maximum atomic E-state index is 3.67. The first-order chi connectivity index (χ1) is 11.0. The van der Waals surface area contributed by atoms with Gasteiger partial charge in [-0.1, -0.05) is 109 Å². The Bertz CT molecular complexity index is 589. The van der Waals surface area contributed by atoms with Crippen LogP contribution in [0.5, 0.6) is 0 Å². The molecule has 122 valence electrons. The first-order valence-corrected chi connectivity index (χ1v) is 9.18. The molecule has 2 aromatic carbocycles. The molecule has 1 heteroatoms. The number of allylic oxidation sites excluding steroid dienone is 1. The highest BCUT2D eigenvalue weighted by Gasteiger charge is 1.89. The minimum absolute atomic E-state index is 0.752. The molecule has 0 bridgehead atoms. The van der Waals surface area contributed by atoms with Gasteiger partial charge in [0.1, 0.15) is 0 Å². The molecule has 0 nitrogen and oxygen atoms in total. The van der Waals surface area contributed by atoms with E-state index in [1.165, 1.54) is 22.3 Å². The molecule has 0 atom stereocenters. The monoisotopic (exact) mass is 370 g/mol. The van der Waals surface area contributed by atoms with E-state index < -0.39 is 0 Å². The number of halogens is 1. The van der Waals surface area contributed by atoms with E-state index in [9.17, 15) is 0 Å². The predicted molar refractivity (Wildman–Crippen MR) is 109 cm³/mol. The van der Waals surface area contributed by atoms with Gasteiger partial charge in [-0.2, -0.15) is 0 Å². The van der Waals surface area contributed by atoms with Crippen LogP contribution in [0.2, 0.25) is 0 Å². The molecule has 0 fully saturated rings. The van der Waals surface area contributed by atoms with Gasteiger partial charge in [0.15, 0.2) is 0 Å². The van der Waals surface area contributed by atoms with Crippen LogP contribution in [0.4, 0.5) is 0 Å². The molecule has 23 heavy (non-hydrogen) atoms. The average Bonchev–Trinajstić information content (AvgIpc) is 2.57. The van der Waals surface area contributed by atoms with Crippen molar-refractivity contribution in [2.75, 3.05) is 0 Å². The first kappa shape index (κ1) is 19.4. The number of hydrogen-bond acceptors (Lipinski definition) is 0. The summed E-state index contributed by atoms with van der Waals surface area (Å²) in [6, 6.07) is 16.9. The highest BCUT2D eigenvalue weighted by Crippen LogP contribution is 2.08. The first-order valence-electron chi connectivity index (χ1n) is 8.05. The quantitative estimate of drug-likeness (QED) is 0.485. The second kappa shape index (κ2) is 11.0. The van der Waals surface area contributed by atoms with Gasteiger partial charge < -0.3 is 0 Å². The summed E-state index contributed by atoms with van der Waals surface area (Å²) < 4.78 is 0. The van der Waals surface area contributed by atoms with Gasteiger partial charge in [-0.15, -0.1) is 0 Å². The summed E-state index contributed by atoms with van der Waals surface area (Å²) in [6.45, 7) is 10.3. The Morgan fingerprint density at radius 2 is 1.52 bits per heavy atom. The van der Waals surface area contributed by atoms with Crippen molar-refractivity contribution in [2.45, 2.75) is 32.5 Å². The maximum Gasteiger partial charge on any atom is 0.0283 e. The smallest absolute Gasteiger partial charge is 0.0283 e. The summed E-state index contributed by atoms with van der Waals surface area (Å²) in [6.07, 6.45) is 7.45. The molecule has 0 aromatic heterocycles. The minimum Gasteiger partial charge on any atom is -0.0985 e. The molecule has 0 aliphatic rings. The van der Waals surface area contributed by atoms with Crippen molar-refractivity contribution >= 4 is 28.1 Å². The van der Waals surface area contributed by atoms with E-state index in [0.29, 0.717) is 0 Å². The van der Waals surface area contributed by atoms with Crippen molar-refractivity contribution in [3.05, 3.63) is 83.4 Å². The minimum atomic E-state index is 0.752.